The Hall–Kier alpha value is -1.95. The molecule has 2 aromatic heterocycles. The monoisotopic (exact) mass is 303 g/mol. The van der Waals surface area contributed by atoms with E-state index in [4.69, 9.17) is 4.52 Å². The van der Waals surface area contributed by atoms with Gasteiger partial charge in [0, 0.05) is 18.8 Å². The van der Waals surface area contributed by atoms with Crippen molar-refractivity contribution in [1.82, 2.24) is 15.0 Å². The van der Waals surface area contributed by atoms with Gasteiger partial charge in [0.05, 0.1) is 22.7 Å². The molecule has 118 valence electrons. The van der Waals surface area contributed by atoms with Crippen LogP contribution in [0, 0.1) is 6.92 Å². The van der Waals surface area contributed by atoms with Crippen LogP contribution in [-0.2, 0) is 0 Å². The lowest BCUT2D eigenvalue weighted by Gasteiger charge is -2.30. The van der Waals surface area contributed by atoms with Crippen molar-refractivity contribution in [3.8, 4) is 0 Å². The molecule has 1 unspecified atom stereocenters. The first-order chi connectivity index (χ1) is 10.5. The third kappa shape index (κ3) is 2.59. The number of aliphatic hydroxyl groups is 1. The van der Waals surface area contributed by atoms with Crippen molar-refractivity contribution in [2.24, 2.45) is 0 Å². The van der Waals surface area contributed by atoms with E-state index in [0.717, 1.165) is 18.5 Å². The molecule has 3 rings (SSSR count). The second kappa shape index (κ2) is 5.68. The van der Waals surface area contributed by atoms with Crippen molar-refractivity contribution in [1.29, 1.82) is 0 Å². The number of piperidine rings is 1. The number of amides is 1. The van der Waals surface area contributed by atoms with E-state index in [0.29, 0.717) is 35.4 Å². The SMILES string of the molecule is Cc1noc2nc(C(C)C)cc(C(=O)N3CCCC(O)C3)c12. The summed E-state index contributed by atoms with van der Waals surface area (Å²) >= 11 is 0. The number of pyridine rings is 1. The molecule has 1 fully saturated rings. The molecule has 1 aliphatic heterocycles. The Kier molecular flexibility index (Phi) is 3.87. The molecule has 0 bridgehead atoms. The number of β-amino-alcohol motifs (C(OH)–C–C–N with tert-alkyl or cyclic N) is 1. The zero-order valence-electron chi connectivity index (χ0n) is 13.2. The van der Waals surface area contributed by atoms with Crippen LogP contribution in [0.25, 0.3) is 11.1 Å². The third-order valence-corrected chi connectivity index (χ3v) is 4.14. The van der Waals surface area contributed by atoms with Gasteiger partial charge in [0.2, 0.25) is 0 Å². The van der Waals surface area contributed by atoms with E-state index in [1.165, 1.54) is 0 Å². The van der Waals surface area contributed by atoms with Gasteiger partial charge < -0.3 is 14.5 Å². The largest absolute Gasteiger partial charge is 0.391 e. The second-order valence-corrected chi connectivity index (χ2v) is 6.24. The molecule has 22 heavy (non-hydrogen) atoms. The smallest absolute Gasteiger partial charge is 0.259 e. The lowest BCUT2D eigenvalue weighted by atomic mass is 10.0. The third-order valence-electron chi connectivity index (χ3n) is 4.14. The van der Waals surface area contributed by atoms with Crippen LogP contribution < -0.4 is 0 Å². The average molecular weight is 303 g/mol. The first-order valence-electron chi connectivity index (χ1n) is 7.71. The van der Waals surface area contributed by atoms with E-state index < -0.39 is 6.10 Å². The van der Waals surface area contributed by atoms with E-state index in [1.807, 2.05) is 26.8 Å². The quantitative estimate of drug-likeness (QED) is 0.920. The number of aliphatic hydroxyl groups excluding tert-OH is 1. The van der Waals surface area contributed by atoms with Crippen LogP contribution in [0.1, 0.15) is 54.4 Å². The number of rotatable bonds is 2. The van der Waals surface area contributed by atoms with Crippen LogP contribution in [0.2, 0.25) is 0 Å². The number of hydrogen-bond acceptors (Lipinski definition) is 5. The van der Waals surface area contributed by atoms with Gasteiger partial charge in [-0.3, -0.25) is 4.79 Å². The molecule has 0 saturated carbocycles. The van der Waals surface area contributed by atoms with E-state index in [2.05, 4.69) is 10.1 Å². The summed E-state index contributed by atoms with van der Waals surface area (Å²) in [5.74, 6) is 0.104. The molecule has 0 aromatic carbocycles. The lowest BCUT2D eigenvalue weighted by molar-refractivity contribution is 0.0475. The highest BCUT2D eigenvalue weighted by Crippen LogP contribution is 2.27. The molecular formula is C16H21N3O3. The highest BCUT2D eigenvalue weighted by molar-refractivity contribution is 6.06. The predicted molar refractivity (Wildman–Crippen MR) is 81.8 cm³/mol. The maximum absolute atomic E-state index is 12.9. The Morgan fingerprint density at radius 2 is 2.27 bits per heavy atom. The predicted octanol–water partition coefficient (Wildman–Crippen LogP) is 2.25. The van der Waals surface area contributed by atoms with Crippen LogP contribution in [-0.4, -0.2) is 45.2 Å². The maximum Gasteiger partial charge on any atom is 0.259 e. The van der Waals surface area contributed by atoms with Crippen LogP contribution in [0.5, 0.6) is 0 Å². The molecule has 1 aliphatic rings. The molecule has 1 amide bonds. The Balaban J connectivity index is 2.07. The summed E-state index contributed by atoms with van der Waals surface area (Å²) in [6, 6.07) is 1.83. The normalized spacial score (nSPS) is 19.1. The van der Waals surface area contributed by atoms with Gasteiger partial charge in [-0.1, -0.05) is 19.0 Å². The van der Waals surface area contributed by atoms with Gasteiger partial charge in [0.25, 0.3) is 11.6 Å². The number of nitrogens with zero attached hydrogens (tertiary/aromatic N) is 3. The van der Waals surface area contributed by atoms with Crippen LogP contribution in [0.4, 0.5) is 0 Å². The van der Waals surface area contributed by atoms with Crippen molar-refractivity contribution in [3.05, 3.63) is 23.0 Å². The van der Waals surface area contributed by atoms with E-state index in [9.17, 15) is 9.90 Å². The average Bonchev–Trinajstić information content (AvgIpc) is 2.87. The number of carbonyl (C=O) groups is 1. The molecule has 0 radical (unpaired) electrons. The van der Waals surface area contributed by atoms with Crippen molar-refractivity contribution in [3.63, 3.8) is 0 Å². The Bertz CT molecular complexity index is 708. The minimum Gasteiger partial charge on any atom is -0.391 e. The fourth-order valence-corrected chi connectivity index (χ4v) is 2.89. The van der Waals surface area contributed by atoms with Gasteiger partial charge in [-0.15, -0.1) is 0 Å². The Morgan fingerprint density at radius 3 is 2.95 bits per heavy atom. The highest BCUT2D eigenvalue weighted by atomic mass is 16.5. The summed E-state index contributed by atoms with van der Waals surface area (Å²) in [6.07, 6.45) is 1.13. The fourth-order valence-electron chi connectivity index (χ4n) is 2.89. The number of aromatic nitrogens is 2. The van der Waals surface area contributed by atoms with Crippen LogP contribution in [0.3, 0.4) is 0 Å². The second-order valence-electron chi connectivity index (χ2n) is 6.24. The van der Waals surface area contributed by atoms with Crippen molar-refractivity contribution >= 4 is 17.0 Å². The molecule has 0 aliphatic carbocycles. The zero-order valence-corrected chi connectivity index (χ0v) is 13.2. The first kappa shape index (κ1) is 15.0. The van der Waals surface area contributed by atoms with Crippen molar-refractivity contribution in [2.75, 3.05) is 13.1 Å². The standard InChI is InChI=1S/C16H21N3O3/c1-9(2)13-7-12(14-10(3)18-22-15(14)17-13)16(21)19-6-4-5-11(20)8-19/h7,9,11,20H,4-6,8H2,1-3H3. The fraction of sp³-hybridized carbons (Fsp3) is 0.562. The van der Waals surface area contributed by atoms with E-state index >= 15 is 0 Å². The maximum atomic E-state index is 12.9. The Morgan fingerprint density at radius 1 is 1.50 bits per heavy atom. The summed E-state index contributed by atoms with van der Waals surface area (Å²) in [6.45, 7) is 6.90. The van der Waals surface area contributed by atoms with Gasteiger partial charge in [0.1, 0.15) is 0 Å². The highest BCUT2D eigenvalue weighted by Gasteiger charge is 2.27. The van der Waals surface area contributed by atoms with Crippen LogP contribution >= 0.6 is 0 Å². The Labute approximate surface area is 129 Å². The van der Waals surface area contributed by atoms with Gasteiger partial charge in [0.15, 0.2) is 0 Å². The number of likely N-dealkylation sites (tertiary alicyclic amines) is 1. The van der Waals surface area contributed by atoms with Gasteiger partial charge >= 0.3 is 0 Å². The van der Waals surface area contributed by atoms with E-state index in [-0.39, 0.29) is 11.8 Å². The van der Waals surface area contributed by atoms with E-state index in [1.54, 1.807) is 4.90 Å². The van der Waals surface area contributed by atoms with Crippen molar-refractivity contribution < 1.29 is 14.4 Å². The number of hydrogen-bond donors (Lipinski definition) is 1. The summed E-state index contributed by atoms with van der Waals surface area (Å²) in [5.41, 5.74) is 2.45. The summed E-state index contributed by atoms with van der Waals surface area (Å²) in [7, 11) is 0. The molecule has 1 saturated heterocycles. The molecule has 0 spiro atoms. The summed E-state index contributed by atoms with van der Waals surface area (Å²) < 4.78 is 5.26. The summed E-state index contributed by atoms with van der Waals surface area (Å²) in [5, 5.41) is 14.4. The van der Waals surface area contributed by atoms with Gasteiger partial charge in [-0.05, 0) is 31.7 Å². The number of carbonyl (C=O) groups excluding carboxylic acids is 1. The minimum absolute atomic E-state index is 0.0839. The van der Waals surface area contributed by atoms with Crippen molar-refractivity contribution in [2.45, 2.75) is 45.6 Å². The molecule has 3 heterocycles. The topological polar surface area (TPSA) is 79.5 Å². The van der Waals surface area contributed by atoms with Gasteiger partial charge in [-0.2, -0.15) is 0 Å². The first-order valence-corrected chi connectivity index (χ1v) is 7.71. The number of fused-ring (bicyclic) bond motifs is 1. The molecule has 6 nitrogen and oxygen atoms in total. The van der Waals surface area contributed by atoms with Crippen LogP contribution in [0.15, 0.2) is 10.6 Å². The summed E-state index contributed by atoms with van der Waals surface area (Å²) in [4.78, 5) is 19.1. The zero-order chi connectivity index (χ0) is 15.9. The molecule has 1 atom stereocenters. The molecule has 1 N–H and O–H groups in total. The minimum atomic E-state index is -0.442. The van der Waals surface area contributed by atoms with Gasteiger partial charge in [-0.25, -0.2) is 4.98 Å². The molecule has 6 heteroatoms. The lowest BCUT2D eigenvalue weighted by Crippen LogP contribution is -2.42. The molecular weight excluding hydrogens is 282 g/mol. The molecule has 2 aromatic rings. The number of aryl methyl sites for hydroxylation is 1.